The van der Waals surface area contributed by atoms with Crippen LogP contribution in [-0.2, 0) is 9.59 Å². The van der Waals surface area contributed by atoms with Crippen molar-refractivity contribution in [3.05, 3.63) is 5.92 Å². The number of rotatable bonds is 3. The SMILES string of the molecule is C[C](CC(=O)O)C(=O)O.[NaH]. The fourth-order valence-corrected chi connectivity index (χ4v) is 0.302. The topological polar surface area (TPSA) is 74.6 Å². The Balaban J connectivity index is 0. The molecule has 53 valence electrons. The number of carbonyl (C=O) groups is 2. The summed E-state index contributed by atoms with van der Waals surface area (Å²) in [6, 6.07) is 0. The van der Waals surface area contributed by atoms with Gasteiger partial charge in [0, 0.05) is 0 Å². The molecule has 0 aliphatic heterocycles. The monoisotopic (exact) mass is 155 g/mol. The van der Waals surface area contributed by atoms with E-state index < -0.39 is 18.4 Å². The van der Waals surface area contributed by atoms with E-state index in [0.29, 0.717) is 0 Å². The predicted molar refractivity (Wildman–Crippen MR) is 36.0 cm³/mol. The van der Waals surface area contributed by atoms with Crippen LogP contribution in [0.4, 0.5) is 0 Å². The van der Waals surface area contributed by atoms with E-state index in [0.717, 1.165) is 0 Å². The Labute approximate surface area is 80.5 Å². The summed E-state index contributed by atoms with van der Waals surface area (Å²) in [5, 5.41) is 16.2. The zero-order valence-corrected chi connectivity index (χ0v) is 4.92. The summed E-state index contributed by atoms with van der Waals surface area (Å²) in [7, 11) is 0. The molecule has 0 aromatic rings. The minimum absolute atomic E-state index is 0. The molecule has 5 heteroatoms. The zero-order valence-electron chi connectivity index (χ0n) is 4.92. The Hall–Kier alpha value is -0.0600. The summed E-state index contributed by atoms with van der Waals surface area (Å²) < 4.78 is 0. The first-order chi connectivity index (χ1) is 4.04. The van der Waals surface area contributed by atoms with Crippen molar-refractivity contribution in [2.45, 2.75) is 13.3 Å². The van der Waals surface area contributed by atoms with Crippen LogP contribution in [0.25, 0.3) is 0 Å². The number of carboxylic acid groups (broad SMARTS) is 2. The van der Waals surface area contributed by atoms with Gasteiger partial charge in [0.1, 0.15) is 0 Å². The summed E-state index contributed by atoms with van der Waals surface area (Å²) in [6.45, 7) is 1.27. The summed E-state index contributed by atoms with van der Waals surface area (Å²) >= 11 is 0. The summed E-state index contributed by atoms with van der Waals surface area (Å²) in [5.41, 5.74) is 0. The van der Waals surface area contributed by atoms with E-state index in [1.54, 1.807) is 0 Å². The van der Waals surface area contributed by atoms with Gasteiger partial charge >= 0.3 is 41.5 Å². The first-order valence-electron chi connectivity index (χ1n) is 2.31. The van der Waals surface area contributed by atoms with E-state index in [9.17, 15) is 9.59 Å². The van der Waals surface area contributed by atoms with Crippen molar-refractivity contribution in [3.63, 3.8) is 0 Å². The van der Waals surface area contributed by atoms with Crippen LogP contribution in [0, 0.1) is 5.92 Å². The normalized spacial score (nSPS) is 8.60. The second-order valence-corrected chi connectivity index (χ2v) is 1.66. The van der Waals surface area contributed by atoms with E-state index >= 15 is 0 Å². The molecular formula is C5H8NaO4. The number of carboxylic acids is 2. The molecule has 0 unspecified atom stereocenters. The van der Waals surface area contributed by atoms with Gasteiger partial charge in [0.2, 0.25) is 0 Å². The number of hydrogen-bond acceptors (Lipinski definition) is 2. The van der Waals surface area contributed by atoms with Crippen molar-refractivity contribution in [3.8, 4) is 0 Å². The van der Waals surface area contributed by atoms with Gasteiger partial charge in [-0.1, -0.05) is 0 Å². The van der Waals surface area contributed by atoms with Crippen molar-refractivity contribution in [2.24, 2.45) is 0 Å². The standard InChI is InChI=1S/C5H7O4.Na.H/c1-3(5(8)9)2-4(6)7;;/h2H2,1H3,(H,6,7)(H,8,9);;. The van der Waals surface area contributed by atoms with E-state index in [1.165, 1.54) is 6.92 Å². The molecular weight excluding hydrogens is 147 g/mol. The fraction of sp³-hybridized carbons (Fsp3) is 0.400. The second-order valence-electron chi connectivity index (χ2n) is 1.66. The molecule has 0 aromatic heterocycles. The quantitative estimate of drug-likeness (QED) is 0.538. The minimum atomic E-state index is -1.16. The summed E-state index contributed by atoms with van der Waals surface area (Å²) in [6.07, 6.45) is -0.394. The summed E-state index contributed by atoms with van der Waals surface area (Å²) in [5.74, 6) is -2.32. The first kappa shape index (κ1) is 12.6. The van der Waals surface area contributed by atoms with Crippen LogP contribution in [0.2, 0.25) is 0 Å². The van der Waals surface area contributed by atoms with Crippen LogP contribution in [0.3, 0.4) is 0 Å². The van der Waals surface area contributed by atoms with Gasteiger partial charge in [-0.25, -0.2) is 0 Å². The molecule has 10 heavy (non-hydrogen) atoms. The maximum atomic E-state index is 9.93. The van der Waals surface area contributed by atoms with Crippen LogP contribution in [-0.4, -0.2) is 51.7 Å². The maximum absolute atomic E-state index is 9.93. The van der Waals surface area contributed by atoms with Gasteiger partial charge in [0.15, 0.2) is 0 Å². The van der Waals surface area contributed by atoms with Gasteiger partial charge in [-0.3, -0.25) is 9.59 Å². The third-order valence-electron chi connectivity index (χ3n) is 0.781. The van der Waals surface area contributed by atoms with E-state index in [1.807, 2.05) is 0 Å². The summed E-state index contributed by atoms with van der Waals surface area (Å²) in [4.78, 5) is 19.8. The molecule has 0 heterocycles. The van der Waals surface area contributed by atoms with Crippen LogP contribution in [0.15, 0.2) is 0 Å². The van der Waals surface area contributed by atoms with Crippen LogP contribution in [0.1, 0.15) is 13.3 Å². The third kappa shape index (κ3) is 6.07. The molecule has 0 fully saturated rings. The number of hydrogen-bond donors (Lipinski definition) is 2. The molecule has 2 N–H and O–H groups in total. The van der Waals surface area contributed by atoms with Gasteiger partial charge in [-0.05, 0) is 6.92 Å². The van der Waals surface area contributed by atoms with Crippen molar-refractivity contribution < 1.29 is 19.8 Å². The molecule has 0 saturated heterocycles. The van der Waals surface area contributed by atoms with Gasteiger partial charge < -0.3 is 10.2 Å². The molecule has 0 aliphatic carbocycles. The fourth-order valence-electron chi connectivity index (χ4n) is 0.302. The number of aliphatic carboxylic acids is 2. The molecule has 0 aromatic carbocycles. The van der Waals surface area contributed by atoms with Gasteiger partial charge in [0.25, 0.3) is 0 Å². The molecule has 0 aliphatic rings. The molecule has 0 saturated carbocycles. The molecule has 1 radical (unpaired) electrons. The Bertz CT molecular complexity index is 134. The molecule has 0 spiro atoms. The molecule has 0 amide bonds. The zero-order chi connectivity index (χ0) is 7.44. The Morgan fingerprint density at radius 3 is 1.80 bits per heavy atom. The molecule has 0 atom stereocenters. The van der Waals surface area contributed by atoms with Gasteiger partial charge in [-0.15, -0.1) is 0 Å². The average Bonchev–Trinajstić information content (AvgIpc) is 1.63. The van der Waals surface area contributed by atoms with Gasteiger partial charge in [0.05, 0.1) is 12.3 Å². The van der Waals surface area contributed by atoms with Crippen molar-refractivity contribution in [1.29, 1.82) is 0 Å². The average molecular weight is 155 g/mol. The first-order valence-corrected chi connectivity index (χ1v) is 2.31. The Morgan fingerprint density at radius 1 is 1.30 bits per heavy atom. The van der Waals surface area contributed by atoms with Crippen molar-refractivity contribution in [1.82, 2.24) is 0 Å². The Kier molecular flexibility index (Phi) is 7.19. The van der Waals surface area contributed by atoms with Crippen LogP contribution >= 0.6 is 0 Å². The second kappa shape index (κ2) is 5.70. The van der Waals surface area contributed by atoms with Gasteiger partial charge in [-0.2, -0.15) is 0 Å². The predicted octanol–water partition coefficient (Wildman–Crippen LogP) is -0.508. The Morgan fingerprint density at radius 2 is 1.70 bits per heavy atom. The third-order valence-corrected chi connectivity index (χ3v) is 0.781. The molecule has 0 bridgehead atoms. The molecule has 4 nitrogen and oxygen atoms in total. The van der Waals surface area contributed by atoms with Crippen LogP contribution in [0.5, 0.6) is 0 Å². The van der Waals surface area contributed by atoms with Crippen molar-refractivity contribution >= 4 is 41.5 Å². The van der Waals surface area contributed by atoms with E-state index in [-0.39, 0.29) is 35.5 Å². The van der Waals surface area contributed by atoms with E-state index in [4.69, 9.17) is 10.2 Å². The molecule has 0 rings (SSSR count). The van der Waals surface area contributed by atoms with E-state index in [2.05, 4.69) is 0 Å². The van der Waals surface area contributed by atoms with Crippen LogP contribution < -0.4 is 0 Å². The van der Waals surface area contributed by atoms with Crippen molar-refractivity contribution in [2.75, 3.05) is 0 Å².